The highest BCUT2D eigenvalue weighted by Gasteiger charge is 2.08. The van der Waals surface area contributed by atoms with E-state index in [1.165, 1.54) is 0 Å². The first kappa shape index (κ1) is 17.2. The number of aliphatic imine (C=N–C) groups is 1. The monoisotopic (exact) mass is 366 g/mol. The molecular formula is C12H23IN4O. The van der Waals surface area contributed by atoms with E-state index in [9.17, 15) is 0 Å². The summed E-state index contributed by atoms with van der Waals surface area (Å²) < 4.78 is 5.10. The Morgan fingerprint density at radius 3 is 2.39 bits per heavy atom. The van der Waals surface area contributed by atoms with E-state index < -0.39 is 0 Å². The minimum Gasteiger partial charge on any atom is -0.370 e. The summed E-state index contributed by atoms with van der Waals surface area (Å²) in [6.45, 7) is 10.5. The summed E-state index contributed by atoms with van der Waals surface area (Å²) in [6.07, 6.45) is 0.823. The van der Waals surface area contributed by atoms with Crippen molar-refractivity contribution in [2.24, 2.45) is 10.7 Å². The Morgan fingerprint density at radius 1 is 1.33 bits per heavy atom. The molecule has 0 saturated carbocycles. The van der Waals surface area contributed by atoms with Crippen LogP contribution < -0.4 is 5.73 Å². The maximum absolute atomic E-state index is 5.89. The van der Waals surface area contributed by atoms with Crippen LogP contribution in [0.4, 0.5) is 0 Å². The van der Waals surface area contributed by atoms with Gasteiger partial charge in [0.2, 0.25) is 0 Å². The largest absolute Gasteiger partial charge is 0.370 e. The van der Waals surface area contributed by atoms with Crippen molar-refractivity contribution in [3.8, 4) is 0 Å². The van der Waals surface area contributed by atoms with E-state index in [2.05, 4.69) is 24.0 Å². The number of hydrogen-bond acceptors (Lipinski definition) is 3. The molecule has 6 heteroatoms. The highest BCUT2D eigenvalue weighted by atomic mass is 127. The van der Waals surface area contributed by atoms with Gasteiger partial charge in [0.15, 0.2) is 5.96 Å². The quantitative estimate of drug-likeness (QED) is 0.492. The Balaban J connectivity index is 0.00000289. The molecule has 104 valence electrons. The smallest absolute Gasteiger partial charge is 0.191 e. The first-order valence-electron chi connectivity index (χ1n) is 6.06. The molecule has 0 bridgehead atoms. The fraction of sp³-hybridized carbons (Fsp3) is 0.667. The average molecular weight is 366 g/mol. The van der Waals surface area contributed by atoms with Gasteiger partial charge in [-0.25, -0.2) is 0 Å². The number of nitrogens with zero attached hydrogens (tertiary/aromatic N) is 3. The molecule has 0 aliphatic heterocycles. The minimum absolute atomic E-state index is 0. The van der Waals surface area contributed by atoms with Crippen LogP contribution >= 0.6 is 24.0 Å². The molecule has 0 aliphatic carbocycles. The molecule has 0 fully saturated rings. The van der Waals surface area contributed by atoms with Crippen molar-refractivity contribution in [1.29, 1.82) is 0 Å². The highest BCUT2D eigenvalue weighted by Crippen LogP contribution is 2.12. The van der Waals surface area contributed by atoms with Gasteiger partial charge in [-0.05, 0) is 34.1 Å². The molecule has 0 aromatic carbocycles. The molecule has 1 heterocycles. The molecule has 5 nitrogen and oxygen atoms in total. The number of rotatable bonds is 5. The van der Waals surface area contributed by atoms with Crippen molar-refractivity contribution >= 4 is 29.9 Å². The first-order chi connectivity index (χ1) is 8.10. The second kappa shape index (κ2) is 8.34. The fourth-order valence-corrected chi connectivity index (χ4v) is 1.79. The lowest BCUT2D eigenvalue weighted by Gasteiger charge is -2.19. The van der Waals surface area contributed by atoms with Gasteiger partial charge in [-0.2, -0.15) is 0 Å². The van der Waals surface area contributed by atoms with Gasteiger partial charge in [0.1, 0.15) is 5.76 Å². The van der Waals surface area contributed by atoms with Crippen LogP contribution in [-0.2, 0) is 6.42 Å². The van der Waals surface area contributed by atoms with Crippen LogP contribution in [0.25, 0.3) is 0 Å². The van der Waals surface area contributed by atoms with Crippen LogP contribution in [0.2, 0.25) is 0 Å². The number of guanidine groups is 1. The number of aryl methyl sites for hydroxylation is 2. The lowest BCUT2D eigenvalue weighted by atomic mass is 10.1. The van der Waals surface area contributed by atoms with E-state index in [0.717, 1.165) is 36.5 Å². The third-order valence-electron chi connectivity index (χ3n) is 2.90. The van der Waals surface area contributed by atoms with E-state index in [1.54, 1.807) is 0 Å². The van der Waals surface area contributed by atoms with Crippen molar-refractivity contribution in [2.75, 3.05) is 19.6 Å². The summed E-state index contributed by atoms with van der Waals surface area (Å²) in [5.41, 5.74) is 7.97. The first-order valence-corrected chi connectivity index (χ1v) is 6.06. The van der Waals surface area contributed by atoms with Crippen LogP contribution in [0.3, 0.4) is 0 Å². The molecule has 0 amide bonds. The number of aromatic nitrogens is 1. The zero-order chi connectivity index (χ0) is 12.8. The van der Waals surface area contributed by atoms with Crippen molar-refractivity contribution in [1.82, 2.24) is 10.1 Å². The number of hydrogen-bond donors (Lipinski definition) is 1. The maximum Gasteiger partial charge on any atom is 0.191 e. The lowest BCUT2D eigenvalue weighted by molar-refractivity contribution is 0.392. The van der Waals surface area contributed by atoms with Gasteiger partial charge in [-0.15, -0.1) is 24.0 Å². The minimum atomic E-state index is 0. The van der Waals surface area contributed by atoms with Crippen molar-refractivity contribution in [2.45, 2.75) is 34.1 Å². The van der Waals surface area contributed by atoms with Gasteiger partial charge in [-0.3, -0.25) is 4.99 Å². The summed E-state index contributed by atoms with van der Waals surface area (Å²) >= 11 is 0. The summed E-state index contributed by atoms with van der Waals surface area (Å²) in [4.78, 5) is 6.41. The van der Waals surface area contributed by atoms with Gasteiger partial charge < -0.3 is 15.2 Å². The predicted octanol–water partition coefficient (Wildman–Crippen LogP) is 2.11. The van der Waals surface area contributed by atoms with Gasteiger partial charge in [0.25, 0.3) is 0 Å². The molecule has 18 heavy (non-hydrogen) atoms. The third kappa shape index (κ3) is 4.47. The molecule has 0 radical (unpaired) electrons. The standard InChI is InChI=1S/C12H22N4O.HI/c1-5-16(6-2)12(13)14-8-7-11-9(3)15-17-10(11)4;/h5-8H2,1-4H3,(H2,13,14);1H. The van der Waals surface area contributed by atoms with E-state index in [-0.39, 0.29) is 24.0 Å². The van der Waals surface area contributed by atoms with Gasteiger partial charge in [0.05, 0.1) is 5.69 Å². The van der Waals surface area contributed by atoms with Gasteiger partial charge >= 0.3 is 0 Å². The molecular weight excluding hydrogens is 343 g/mol. The predicted molar refractivity (Wildman–Crippen MR) is 84.5 cm³/mol. The Morgan fingerprint density at radius 2 is 1.94 bits per heavy atom. The molecule has 1 aromatic heterocycles. The maximum atomic E-state index is 5.89. The molecule has 0 saturated heterocycles. The Labute approximate surface area is 126 Å². The van der Waals surface area contributed by atoms with E-state index >= 15 is 0 Å². The summed E-state index contributed by atoms with van der Waals surface area (Å²) in [5.74, 6) is 1.49. The topological polar surface area (TPSA) is 67.7 Å². The van der Waals surface area contributed by atoms with Crippen LogP contribution in [0.1, 0.15) is 30.9 Å². The molecule has 0 unspecified atom stereocenters. The molecule has 1 rings (SSSR count). The van der Waals surface area contributed by atoms with E-state index in [4.69, 9.17) is 10.3 Å². The molecule has 0 spiro atoms. The van der Waals surface area contributed by atoms with E-state index in [0.29, 0.717) is 12.5 Å². The number of nitrogens with two attached hydrogens (primary N) is 1. The van der Waals surface area contributed by atoms with Crippen LogP contribution in [0.15, 0.2) is 9.52 Å². The summed E-state index contributed by atoms with van der Waals surface area (Å²) in [5, 5.41) is 3.92. The highest BCUT2D eigenvalue weighted by molar-refractivity contribution is 14.0. The second-order valence-corrected chi connectivity index (χ2v) is 3.96. The Hall–Kier alpha value is -0.790. The normalized spacial score (nSPS) is 11.2. The van der Waals surface area contributed by atoms with Crippen LogP contribution in [-0.4, -0.2) is 35.7 Å². The van der Waals surface area contributed by atoms with Crippen LogP contribution in [0.5, 0.6) is 0 Å². The van der Waals surface area contributed by atoms with Gasteiger partial charge in [0, 0.05) is 25.2 Å². The van der Waals surface area contributed by atoms with Crippen molar-refractivity contribution < 1.29 is 4.52 Å². The molecule has 1 aromatic rings. The fourth-order valence-electron chi connectivity index (χ4n) is 1.79. The SMILES string of the molecule is CCN(CC)C(N)=NCCc1c(C)noc1C.I. The zero-order valence-corrected chi connectivity index (χ0v) is 13.9. The number of halogens is 1. The zero-order valence-electron chi connectivity index (χ0n) is 11.6. The molecule has 0 atom stereocenters. The molecule has 2 N–H and O–H groups in total. The van der Waals surface area contributed by atoms with Crippen molar-refractivity contribution in [3.05, 3.63) is 17.0 Å². The lowest BCUT2D eigenvalue weighted by Crippen LogP contribution is -2.37. The summed E-state index contributed by atoms with van der Waals surface area (Å²) in [6, 6.07) is 0. The third-order valence-corrected chi connectivity index (χ3v) is 2.90. The summed E-state index contributed by atoms with van der Waals surface area (Å²) in [7, 11) is 0. The second-order valence-electron chi connectivity index (χ2n) is 3.96. The van der Waals surface area contributed by atoms with E-state index in [1.807, 2.05) is 18.7 Å². The Bertz CT molecular complexity index is 366. The van der Waals surface area contributed by atoms with Crippen molar-refractivity contribution in [3.63, 3.8) is 0 Å². The van der Waals surface area contributed by atoms with Gasteiger partial charge in [-0.1, -0.05) is 5.16 Å². The molecule has 0 aliphatic rings. The Kier molecular flexibility index (Phi) is 7.97. The van der Waals surface area contributed by atoms with Crippen LogP contribution in [0, 0.1) is 13.8 Å². The average Bonchev–Trinajstić information content (AvgIpc) is 2.62.